The van der Waals surface area contributed by atoms with Gasteiger partial charge in [0.05, 0.1) is 0 Å². The minimum atomic E-state index is -0.777. The first-order valence-corrected chi connectivity index (χ1v) is 36.5. The third kappa shape index (κ3) is 68.3. The van der Waals surface area contributed by atoms with Gasteiger partial charge in [-0.05, 0) is 96.3 Å². The van der Waals surface area contributed by atoms with Gasteiger partial charge in [-0.15, -0.1) is 0 Å². The van der Waals surface area contributed by atoms with E-state index in [4.69, 9.17) is 14.2 Å². The van der Waals surface area contributed by atoms with E-state index in [-0.39, 0.29) is 31.1 Å². The summed E-state index contributed by atoms with van der Waals surface area (Å²) in [6.07, 6.45) is 87.5. The molecule has 0 aromatic carbocycles. The quantitative estimate of drug-likeness (QED) is 0.0261. The predicted molar refractivity (Wildman–Crippen MR) is 353 cm³/mol. The normalized spacial score (nSPS) is 12.2. The molecule has 0 saturated heterocycles. The number of hydrogen-bond acceptors (Lipinski definition) is 6. The zero-order valence-electron chi connectivity index (χ0n) is 54.8. The summed E-state index contributed by atoms with van der Waals surface area (Å²) in [6.45, 7) is 6.70. The van der Waals surface area contributed by atoms with Gasteiger partial charge in [-0.2, -0.15) is 0 Å². The van der Waals surface area contributed by atoms with Crippen molar-refractivity contribution < 1.29 is 28.6 Å². The standard InChI is InChI=1S/C75H140O6/c1-4-7-10-13-16-19-22-25-28-31-33-34-35-36-37-38-39-40-41-42-43-45-47-50-53-56-59-62-65-68-74(77)80-71-72(70-79-73(76)67-64-61-58-55-52-49-46-30-27-24-21-18-15-12-9-6-3)81-75(78)69-66-63-60-57-54-51-48-44-32-29-26-23-20-17-14-11-8-5-2/h29-33,46,72H,4-28,34-45,47-71H2,1-3H3/b32-29-,33-31-,46-30-. The molecule has 0 N–H and O–H groups in total. The van der Waals surface area contributed by atoms with Gasteiger partial charge in [-0.1, -0.05) is 327 Å². The van der Waals surface area contributed by atoms with Gasteiger partial charge < -0.3 is 14.2 Å². The molecule has 0 radical (unpaired) electrons. The highest BCUT2D eigenvalue weighted by Crippen LogP contribution is 2.18. The maximum Gasteiger partial charge on any atom is 0.306 e. The Hall–Kier alpha value is -2.37. The number of allylic oxidation sites excluding steroid dienone is 6. The highest BCUT2D eigenvalue weighted by Gasteiger charge is 2.19. The van der Waals surface area contributed by atoms with E-state index in [9.17, 15) is 14.4 Å². The summed E-state index contributed by atoms with van der Waals surface area (Å²) in [5.41, 5.74) is 0. The fourth-order valence-corrected chi connectivity index (χ4v) is 11.1. The highest BCUT2D eigenvalue weighted by molar-refractivity contribution is 5.71. The number of rotatable bonds is 68. The molecule has 1 atom stereocenters. The Bertz CT molecular complexity index is 1350. The molecule has 0 amide bonds. The van der Waals surface area contributed by atoms with Crippen LogP contribution in [0.15, 0.2) is 36.5 Å². The molecular weight excluding hydrogens is 997 g/mol. The Morgan fingerprint density at radius 3 is 0.617 bits per heavy atom. The van der Waals surface area contributed by atoms with E-state index in [1.807, 2.05) is 0 Å². The van der Waals surface area contributed by atoms with Crippen molar-refractivity contribution in [2.24, 2.45) is 0 Å². The molecule has 6 nitrogen and oxygen atoms in total. The summed E-state index contributed by atoms with van der Waals surface area (Å²) in [5.74, 6) is -0.856. The maximum atomic E-state index is 12.9. The molecule has 1 unspecified atom stereocenters. The van der Waals surface area contributed by atoms with Crippen LogP contribution < -0.4 is 0 Å². The average Bonchev–Trinajstić information content (AvgIpc) is 3.47. The van der Waals surface area contributed by atoms with Crippen molar-refractivity contribution in [1.82, 2.24) is 0 Å². The lowest BCUT2D eigenvalue weighted by molar-refractivity contribution is -0.167. The molecule has 0 aliphatic carbocycles. The third-order valence-corrected chi connectivity index (χ3v) is 16.6. The molecule has 81 heavy (non-hydrogen) atoms. The van der Waals surface area contributed by atoms with Crippen LogP contribution in [0.1, 0.15) is 406 Å². The van der Waals surface area contributed by atoms with Gasteiger partial charge in [0.25, 0.3) is 0 Å². The third-order valence-electron chi connectivity index (χ3n) is 16.6. The van der Waals surface area contributed by atoms with Crippen molar-refractivity contribution in [2.45, 2.75) is 412 Å². The SMILES string of the molecule is CCCCCCCCC/C=C\CCCCCCCCCC(=O)OC(COC(=O)CCCCCCC/C=C\CCCCCCCCC)COC(=O)CCCCCCCCCCCCCCCCCCC/C=C\CCCCCCCCCC. The lowest BCUT2D eigenvalue weighted by atomic mass is 10.0. The Morgan fingerprint density at radius 1 is 0.235 bits per heavy atom. The first kappa shape index (κ1) is 78.6. The van der Waals surface area contributed by atoms with Crippen LogP contribution in [0.3, 0.4) is 0 Å². The zero-order chi connectivity index (χ0) is 58.5. The molecule has 0 fully saturated rings. The van der Waals surface area contributed by atoms with Gasteiger partial charge in [-0.3, -0.25) is 14.4 Å². The van der Waals surface area contributed by atoms with Crippen LogP contribution in [0.25, 0.3) is 0 Å². The molecule has 0 heterocycles. The second kappa shape index (κ2) is 70.1. The Balaban J connectivity index is 4.22. The van der Waals surface area contributed by atoms with Crippen LogP contribution >= 0.6 is 0 Å². The first-order valence-electron chi connectivity index (χ1n) is 36.5. The van der Waals surface area contributed by atoms with Gasteiger partial charge in [0.1, 0.15) is 13.2 Å². The predicted octanol–water partition coefficient (Wildman–Crippen LogP) is 25.1. The van der Waals surface area contributed by atoms with Crippen LogP contribution in [0, 0.1) is 0 Å². The molecule has 0 aromatic rings. The Morgan fingerprint density at radius 2 is 0.407 bits per heavy atom. The van der Waals surface area contributed by atoms with Crippen molar-refractivity contribution in [3.63, 3.8) is 0 Å². The van der Waals surface area contributed by atoms with Crippen LogP contribution in [0.5, 0.6) is 0 Å². The van der Waals surface area contributed by atoms with E-state index in [1.165, 1.54) is 302 Å². The molecular formula is C75H140O6. The summed E-state index contributed by atoms with van der Waals surface area (Å²) in [7, 11) is 0. The molecule has 0 rings (SSSR count). The van der Waals surface area contributed by atoms with Gasteiger partial charge in [0.2, 0.25) is 0 Å². The van der Waals surface area contributed by atoms with Crippen molar-refractivity contribution >= 4 is 17.9 Å². The Kier molecular flexibility index (Phi) is 68.1. The van der Waals surface area contributed by atoms with Crippen LogP contribution in [0.2, 0.25) is 0 Å². The summed E-state index contributed by atoms with van der Waals surface area (Å²) >= 11 is 0. The number of hydrogen-bond donors (Lipinski definition) is 0. The number of carbonyl (C=O) groups excluding carboxylic acids is 3. The number of unbranched alkanes of at least 4 members (excludes halogenated alkanes) is 51. The largest absolute Gasteiger partial charge is 0.462 e. The number of carbonyl (C=O) groups is 3. The second-order valence-electron chi connectivity index (χ2n) is 24.8. The average molecular weight is 1140 g/mol. The van der Waals surface area contributed by atoms with Crippen molar-refractivity contribution in [3.05, 3.63) is 36.5 Å². The van der Waals surface area contributed by atoms with Crippen molar-refractivity contribution in [3.8, 4) is 0 Å². The zero-order valence-corrected chi connectivity index (χ0v) is 54.8. The molecule has 476 valence electrons. The van der Waals surface area contributed by atoms with E-state index in [0.717, 1.165) is 64.2 Å². The van der Waals surface area contributed by atoms with E-state index in [2.05, 4.69) is 57.2 Å². The smallest absolute Gasteiger partial charge is 0.306 e. The molecule has 0 aliphatic rings. The molecule has 0 aliphatic heterocycles. The van der Waals surface area contributed by atoms with E-state index >= 15 is 0 Å². The number of esters is 3. The maximum absolute atomic E-state index is 12.9. The van der Waals surface area contributed by atoms with Gasteiger partial charge in [0, 0.05) is 19.3 Å². The van der Waals surface area contributed by atoms with Crippen molar-refractivity contribution in [1.29, 1.82) is 0 Å². The van der Waals surface area contributed by atoms with E-state index < -0.39 is 6.10 Å². The second-order valence-corrected chi connectivity index (χ2v) is 24.8. The van der Waals surface area contributed by atoms with Crippen LogP contribution in [-0.4, -0.2) is 37.2 Å². The van der Waals surface area contributed by atoms with Crippen molar-refractivity contribution in [2.75, 3.05) is 13.2 Å². The van der Waals surface area contributed by atoms with Gasteiger partial charge in [0.15, 0.2) is 6.10 Å². The van der Waals surface area contributed by atoms with Crippen LogP contribution in [0.4, 0.5) is 0 Å². The number of ether oxygens (including phenoxy) is 3. The summed E-state index contributed by atoms with van der Waals surface area (Å²) in [5, 5.41) is 0. The van der Waals surface area contributed by atoms with Gasteiger partial charge in [-0.25, -0.2) is 0 Å². The first-order chi connectivity index (χ1) is 40.0. The lowest BCUT2D eigenvalue weighted by Gasteiger charge is -2.18. The summed E-state index contributed by atoms with van der Waals surface area (Å²) in [6, 6.07) is 0. The molecule has 6 heteroatoms. The van der Waals surface area contributed by atoms with E-state index in [0.29, 0.717) is 19.3 Å². The summed E-state index contributed by atoms with van der Waals surface area (Å²) in [4.78, 5) is 38.5. The lowest BCUT2D eigenvalue weighted by Crippen LogP contribution is -2.30. The summed E-state index contributed by atoms with van der Waals surface area (Å²) < 4.78 is 17.0. The minimum Gasteiger partial charge on any atom is -0.462 e. The highest BCUT2D eigenvalue weighted by atomic mass is 16.6. The van der Waals surface area contributed by atoms with E-state index in [1.54, 1.807) is 0 Å². The monoisotopic (exact) mass is 1140 g/mol. The molecule has 0 spiro atoms. The molecule has 0 aromatic heterocycles. The van der Waals surface area contributed by atoms with Gasteiger partial charge >= 0.3 is 17.9 Å². The minimum absolute atomic E-state index is 0.0720. The fourth-order valence-electron chi connectivity index (χ4n) is 11.1. The fraction of sp³-hybridized carbons (Fsp3) is 0.880. The molecule has 0 saturated carbocycles. The van der Waals surface area contributed by atoms with Crippen LogP contribution in [-0.2, 0) is 28.6 Å². The Labute approximate surface area is 506 Å². The molecule has 0 bridgehead atoms. The topological polar surface area (TPSA) is 78.9 Å².